The lowest BCUT2D eigenvalue weighted by molar-refractivity contribution is 0.460. The molecule has 1 aliphatic carbocycles. The lowest BCUT2D eigenvalue weighted by atomic mass is 9.89. The monoisotopic (exact) mass is 358 g/mol. The number of anilines is 1. The van der Waals surface area contributed by atoms with Gasteiger partial charge in [-0.2, -0.15) is 0 Å². The predicted molar refractivity (Wildman–Crippen MR) is 102 cm³/mol. The first kappa shape index (κ1) is 18.3. The first-order chi connectivity index (χ1) is 12.5. The number of allylic oxidation sites excluding steroid dienone is 1. The second kappa shape index (κ2) is 7.83. The molecular weight excluding hydrogens is 334 g/mol. The lowest BCUT2D eigenvalue weighted by Crippen LogP contribution is -2.29. The van der Waals surface area contributed by atoms with Crippen molar-refractivity contribution in [2.45, 2.75) is 25.3 Å². The van der Waals surface area contributed by atoms with E-state index >= 15 is 0 Å². The van der Waals surface area contributed by atoms with Crippen LogP contribution in [-0.2, 0) is 0 Å². The molecule has 1 unspecified atom stereocenters. The summed E-state index contributed by atoms with van der Waals surface area (Å²) in [6, 6.07) is 4.26. The SMILES string of the molecule is C=CN=C1/C(=C\CNc2ccc(F)c(F)c2)C2=C(CCC(NC)C2)N1C. The van der Waals surface area contributed by atoms with Crippen LogP contribution in [-0.4, -0.2) is 37.4 Å². The van der Waals surface area contributed by atoms with Crippen LogP contribution in [0.25, 0.3) is 0 Å². The molecule has 4 nitrogen and oxygen atoms in total. The molecule has 1 aromatic carbocycles. The molecule has 0 saturated carbocycles. The van der Waals surface area contributed by atoms with Crippen molar-refractivity contribution in [3.63, 3.8) is 0 Å². The highest BCUT2D eigenvalue weighted by Crippen LogP contribution is 2.38. The largest absolute Gasteiger partial charge is 0.381 e. The molecule has 0 saturated heterocycles. The van der Waals surface area contributed by atoms with Crippen LogP contribution in [0.5, 0.6) is 0 Å². The molecule has 0 aromatic heterocycles. The number of rotatable bonds is 5. The molecule has 2 N–H and O–H groups in total. The summed E-state index contributed by atoms with van der Waals surface area (Å²) in [5, 5.41) is 6.48. The van der Waals surface area contributed by atoms with Crippen LogP contribution >= 0.6 is 0 Å². The van der Waals surface area contributed by atoms with E-state index in [1.807, 2.05) is 14.1 Å². The maximum atomic E-state index is 13.3. The van der Waals surface area contributed by atoms with Crippen LogP contribution in [0.4, 0.5) is 14.5 Å². The highest BCUT2D eigenvalue weighted by molar-refractivity contribution is 6.06. The molecule has 0 amide bonds. The van der Waals surface area contributed by atoms with Gasteiger partial charge in [0, 0.05) is 48.9 Å². The van der Waals surface area contributed by atoms with Crippen molar-refractivity contribution in [3.05, 3.63) is 65.5 Å². The highest BCUT2D eigenvalue weighted by Gasteiger charge is 2.34. The van der Waals surface area contributed by atoms with Gasteiger partial charge in [-0.05, 0) is 44.0 Å². The Kier molecular flexibility index (Phi) is 5.52. The van der Waals surface area contributed by atoms with Gasteiger partial charge in [0.1, 0.15) is 5.84 Å². The van der Waals surface area contributed by atoms with Gasteiger partial charge in [0.15, 0.2) is 11.6 Å². The Morgan fingerprint density at radius 2 is 2.15 bits per heavy atom. The lowest BCUT2D eigenvalue weighted by Gasteiger charge is -2.25. The molecule has 1 heterocycles. The van der Waals surface area contributed by atoms with Gasteiger partial charge in [-0.15, -0.1) is 0 Å². The van der Waals surface area contributed by atoms with E-state index in [1.54, 1.807) is 6.20 Å². The second-order valence-electron chi connectivity index (χ2n) is 6.48. The van der Waals surface area contributed by atoms with Gasteiger partial charge >= 0.3 is 0 Å². The van der Waals surface area contributed by atoms with Crippen LogP contribution < -0.4 is 10.6 Å². The van der Waals surface area contributed by atoms with Crippen molar-refractivity contribution in [1.29, 1.82) is 0 Å². The molecule has 6 heteroatoms. The van der Waals surface area contributed by atoms with E-state index in [2.05, 4.69) is 33.2 Å². The van der Waals surface area contributed by atoms with E-state index in [1.165, 1.54) is 17.3 Å². The first-order valence-corrected chi connectivity index (χ1v) is 8.76. The van der Waals surface area contributed by atoms with Crippen LogP contribution in [0.3, 0.4) is 0 Å². The van der Waals surface area contributed by atoms with E-state index in [9.17, 15) is 8.78 Å². The third kappa shape index (κ3) is 3.55. The molecule has 138 valence electrons. The topological polar surface area (TPSA) is 39.7 Å². The van der Waals surface area contributed by atoms with Crippen LogP contribution in [0.2, 0.25) is 0 Å². The number of amidine groups is 1. The maximum absolute atomic E-state index is 13.3. The molecule has 1 aromatic rings. The van der Waals surface area contributed by atoms with Gasteiger partial charge in [0.25, 0.3) is 0 Å². The van der Waals surface area contributed by atoms with E-state index in [4.69, 9.17) is 0 Å². The van der Waals surface area contributed by atoms with Gasteiger partial charge < -0.3 is 15.5 Å². The standard InChI is InChI=1S/C20H24F2N4/c1-4-24-20-15(9-10-25-14-5-7-17(21)18(22)12-14)16-11-13(23-2)6-8-19(16)26(20)3/h4-5,7,9,12-13,23,25H,1,6,8,10-11H2,2-3H3/b15-9-,24-20?. The molecule has 1 atom stereocenters. The Labute approximate surface area is 153 Å². The normalized spacial score (nSPS) is 22.9. The van der Waals surface area contributed by atoms with Crippen LogP contribution in [0, 0.1) is 11.6 Å². The minimum absolute atomic E-state index is 0.452. The van der Waals surface area contributed by atoms with Crippen molar-refractivity contribution < 1.29 is 8.78 Å². The Hall–Kier alpha value is -2.47. The summed E-state index contributed by atoms with van der Waals surface area (Å²) in [7, 11) is 4.02. The Balaban J connectivity index is 1.83. The second-order valence-corrected chi connectivity index (χ2v) is 6.48. The number of hydrogen-bond donors (Lipinski definition) is 2. The van der Waals surface area contributed by atoms with Gasteiger partial charge in [-0.3, -0.25) is 0 Å². The van der Waals surface area contributed by atoms with Crippen molar-refractivity contribution in [1.82, 2.24) is 10.2 Å². The fraction of sp³-hybridized carbons (Fsp3) is 0.350. The summed E-state index contributed by atoms with van der Waals surface area (Å²) < 4.78 is 26.4. The number of aliphatic imine (C=N–C) groups is 1. The summed E-state index contributed by atoms with van der Waals surface area (Å²) >= 11 is 0. The molecular formula is C20H24F2N4. The molecule has 0 fully saturated rings. The van der Waals surface area contributed by atoms with E-state index in [0.717, 1.165) is 42.8 Å². The summed E-state index contributed by atoms with van der Waals surface area (Å²) in [5.74, 6) is -0.818. The third-order valence-corrected chi connectivity index (χ3v) is 4.97. The minimum atomic E-state index is -0.855. The fourth-order valence-electron chi connectivity index (χ4n) is 3.59. The van der Waals surface area contributed by atoms with Crippen molar-refractivity contribution in [2.75, 3.05) is 26.0 Å². The Bertz CT molecular complexity index is 795. The molecule has 1 aliphatic heterocycles. The van der Waals surface area contributed by atoms with Crippen LogP contribution in [0.15, 0.2) is 58.9 Å². The first-order valence-electron chi connectivity index (χ1n) is 8.76. The number of nitrogens with zero attached hydrogens (tertiary/aromatic N) is 2. The smallest absolute Gasteiger partial charge is 0.160 e. The van der Waals surface area contributed by atoms with E-state index in [0.29, 0.717) is 18.3 Å². The average molecular weight is 358 g/mol. The number of hydrogen-bond acceptors (Lipinski definition) is 3. The van der Waals surface area contributed by atoms with Gasteiger partial charge in [-0.25, -0.2) is 13.8 Å². The maximum Gasteiger partial charge on any atom is 0.160 e. The van der Waals surface area contributed by atoms with Crippen molar-refractivity contribution in [3.8, 4) is 0 Å². The van der Waals surface area contributed by atoms with E-state index in [-0.39, 0.29) is 0 Å². The Morgan fingerprint density at radius 1 is 1.35 bits per heavy atom. The molecule has 3 rings (SSSR count). The minimum Gasteiger partial charge on any atom is -0.381 e. The molecule has 2 aliphatic rings. The van der Waals surface area contributed by atoms with Gasteiger partial charge in [0.2, 0.25) is 0 Å². The molecule has 0 radical (unpaired) electrons. The number of nitrogens with one attached hydrogen (secondary N) is 2. The molecule has 0 spiro atoms. The van der Waals surface area contributed by atoms with Crippen LogP contribution in [0.1, 0.15) is 19.3 Å². The van der Waals surface area contributed by atoms with E-state index < -0.39 is 11.6 Å². The van der Waals surface area contributed by atoms with Gasteiger partial charge in [0.05, 0.1) is 0 Å². The number of likely N-dealkylation sites (N-methyl/N-ethyl adjacent to an activating group) is 1. The fourth-order valence-corrected chi connectivity index (χ4v) is 3.59. The Morgan fingerprint density at radius 3 is 2.85 bits per heavy atom. The summed E-state index contributed by atoms with van der Waals surface area (Å²) in [4.78, 5) is 6.58. The van der Waals surface area contributed by atoms with Crippen molar-refractivity contribution >= 4 is 11.5 Å². The quantitative estimate of drug-likeness (QED) is 0.841. The summed E-state index contributed by atoms with van der Waals surface area (Å²) in [6.07, 6.45) is 6.66. The van der Waals surface area contributed by atoms with Gasteiger partial charge in [-0.1, -0.05) is 12.7 Å². The van der Waals surface area contributed by atoms with Crippen molar-refractivity contribution in [2.24, 2.45) is 4.99 Å². The highest BCUT2D eigenvalue weighted by atomic mass is 19.2. The summed E-state index contributed by atoms with van der Waals surface area (Å²) in [5.41, 5.74) is 4.22. The third-order valence-electron chi connectivity index (χ3n) is 4.97. The average Bonchev–Trinajstić information content (AvgIpc) is 2.90. The summed E-state index contributed by atoms with van der Waals surface area (Å²) in [6.45, 7) is 4.21. The zero-order valence-corrected chi connectivity index (χ0v) is 15.1. The molecule has 26 heavy (non-hydrogen) atoms. The molecule has 0 bridgehead atoms. The zero-order chi connectivity index (χ0) is 18.7. The number of benzene rings is 1. The predicted octanol–water partition coefficient (Wildman–Crippen LogP) is 3.82. The zero-order valence-electron chi connectivity index (χ0n) is 15.1. The number of halogens is 2.